The molecule has 2 aromatic rings. The predicted molar refractivity (Wildman–Crippen MR) is 113 cm³/mol. The van der Waals surface area contributed by atoms with Crippen LogP contribution in [-0.2, 0) is 9.59 Å². The lowest BCUT2D eigenvalue weighted by Gasteiger charge is -2.30. The average molecular weight is 415 g/mol. The summed E-state index contributed by atoms with van der Waals surface area (Å²) in [6, 6.07) is 12.8. The molecule has 6 nitrogen and oxygen atoms in total. The van der Waals surface area contributed by atoms with Crippen LogP contribution in [-0.4, -0.2) is 40.3 Å². The fourth-order valence-electron chi connectivity index (χ4n) is 2.83. The quantitative estimate of drug-likeness (QED) is 0.767. The molecule has 1 heterocycles. The van der Waals surface area contributed by atoms with Gasteiger partial charge in [-0.2, -0.15) is 0 Å². The molecule has 3 rings (SSSR count). The van der Waals surface area contributed by atoms with Gasteiger partial charge in [-0.15, -0.1) is 0 Å². The zero-order chi connectivity index (χ0) is 20.8. The summed E-state index contributed by atoms with van der Waals surface area (Å²) in [5.74, 6) is -0.150. The lowest BCUT2D eigenvalue weighted by molar-refractivity contribution is -0.129. The number of amides is 2. The highest BCUT2D eigenvalue weighted by Crippen LogP contribution is 2.30. The van der Waals surface area contributed by atoms with Crippen LogP contribution in [0.15, 0.2) is 53.5 Å². The minimum Gasteiger partial charge on any atom is -0.494 e. The minimum absolute atomic E-state index is 0.0813. The van der Waals surface area contributed by atoms with Crippen LogP contribution in [0.1, 0.15) is 20.3 Å². The zero-order valence-electron chi connectivity index (χ0n) is 16.2. The minimum atomic E-state index is -0.611. The Morgan fingerprint density at radius 3 is 2.72 bits per heavy atom. The summed E-state index contributed by atoms with van der Waals surface area (Å²) < 4.78 is 18.6. The fourth-order valence-corrected chi connectivity index (χ4v) is 3.99. The maximum absolute atomic E-state index is 13.1. The Morgan fingerprint density at radius 2 is 2.03 bits per heavy atom. The van der Waals surface area contributed by atoms with Crippen molar-refractivity contribution in [1.82, 2.24) is 4.90 Å². The van der Waals surface area contributed by atoms with E-state index in [-0.39, 0.29) is 24.1 Å². The number of carbonyl (C=O) groups excluding carboxylic acids is 2. The fraction of sp³-hybridized carbons (Fsp3) is 0.286. The second kappa shape index (κ2) is 9.56. The highest BCUT2D eigenvalue weighted by Gasteiger charge is 2.35. The van der Waals surface area contributed by atoms with E-state index < -0.39 is 5.25 Å². The third-order valence-corrected chi connectivity index (χ3v) is 5.40. The topological polar surface area (TPSA) is 71.0 Å². The van der Waals surface area contributed by atoms with E-state index >= 15 is 0 Å². The van der Waals surface area contributed by atoms with Gasteiger partial charge in [0, 0.05) is 24.7 Å². The number of thioether (sulfide) groups is 1. The van der Waals surface area contributed by atoms with E-state index in [1.165, 1.54) is 40.9 Å². The van der Waals surface area contributed by atoms with Crippen LogP contribution >= 0.6 is 11.8 Å². The van der Waals surface area contributed by atoms with Crippen LogP contribution in [0.25, 0.3) is 0 Å². The molecule has 1 saturated heterocycles. The first-order chi connectivity index (χ1) is 14.0. The van der Waals surface area contributed by atoms with Crippen LogP contribution in [0.4, 0.5) is 15.8 Å². The van der Waals surface area contributed by atoms with E-state index in [9.17, 15) is 14.0 Å². The number of hydrogen-bond acceptors (Lipinski definition) is 5. The third-order valence-electron chi connectivity index (χ3n) is 4.21. The normalized spacial score (nSPS) is 18.0. The van der Waals surface area contributed by atoms with Gasteiger partial charge >= 0.3 is 0 Å². The average Bonchev–Trinajstić information content (AvgIpc) is 2.70. The van der Waals surface area contributed by atoms with Crippen molar-refractivity contribution in [2.45, 2.75) is 25.5 Å². The lowest BCUT2D eigenvalue weighted by atomic mass is 10.2. The number of nitrogens with one attached hydrogen (secondary N) is 1. The Hall–Kier alpha value is -2.87. The molecule has 1 aliphatic heterocycles. The molecule has 1 N–H and O–H groups in total. The van der Waals surface area contributed by atoms with Gasteiger partial charge in [-0.25, -0.2) is 9.38 Å². The third kappa shape index (κ3) is 5.35. The summed E-state index contributed by atoms with van der Waals surface area (Å²) in [6.45, 7) is 4.70. The molecular weight excluding hydrogens is 393 g/mol. The Bertz CT molecular complexity index is 918. The Labute approximate surface area is 173 Å². The highest BCUT2D eigenvalue weighted by atomic mass is 32.2. The number of amidine groups is 1. The van der Waals surface area contributed by atoms with Crippen molar-refractivity contribution < 1.29 is 18.7 Å². The number of ether oxygens (including phenoxy) is 1. The van der Waals surface area contributed by atoms with E-state index in [0.717, 1.165) is 0 Å². The van der Waals surface area contributed by atoms with Gasteiger partial charge < -0.3 is 10.1 Å². The Morgan fingerprint density at radius 1 is 1.28 bits per heavy atom. The smallest absolute Gasteiger partial charge is 0.238 e. The maximum Gasteiger partial charge on any atom is 0.238 e. The first-order valence-electron chi connectivity index (χ1n) is 9.35. The van der Waals surface area contributed by atoms with Gasteiger partial charge in [0.1, 0.15) is 16.8 Å². The highest BCUT2D eigenvalue weighted by molar-refractivity contribution is 8.15. The standard InChI is InChI=1S/C21H22FN3O3S/c1-3-25-19(26)13-18(29-21(25)24-15-10-8-14(22)9-11-15)20(27)23-16-6-5-7-17(12-16)28-4-2/h5-12,18H,3-4,13H2,1-2H3,(H,23,27). The van der Waals surface area contributed by atoms with Crippen molar-refractivity contribution in [2.24, 2.45) is 4.99 Å². The van der Waals surface area contributed by atoms with E-state index in [0.29, 0.717) is 35.4 Å². The number of halogens is 1. The first kappa shape index (κ1) is 20.9. The van der Waals surface area contributed by atoms with Gasteiger partial charge in [-0.3, -0.25) is 14.5 Å². The molecule has 0 aromatic heterocycles. The molecule has 1 unspecified atom stereocenters. The van der Waals surface area contributed by atoms with Crippen molar-refractivity contribution >= 4 is 40.1 Å². The van der Waals surface area contributed by atoms with Gasteiger partial charge in [0.2, 0.25) is 11.8 Å². The molecule has 8 heteroatoms. The van der Waals surface area contributed by atoms with E-state index in [1.807, 2.05) is 19.9 Å². The predicted octanol–water partition coefficient (Wildman–Crippen LogP) is 4.20. The molecule has 0 radical (unpaired) electrons. The number of nitrogens with zero attached hydrogens (tertiary/aromatic N) is 2. The number of hydrogen-bond donors (Lipinski definition) is 1. The summed E-state index contributed by atoms with van der Waals surface area (Å²) >= 11 is 1.23. The molecular formula is C21H22FN3O3S. The molecule has 1 fully saturated rings. The molecule has 1 aliphatic rings. The monoisotopic (exact) mass is 415 g/mol. The van der Waals surface area contributed by atoms with Crippen molar-refractivity contribution in [2.75, 3.05) is 18.5 Å². The number of carbonyl (C=O) groups is 2. The van der Waals surface area contributed by atoms with Gasteiger partial charge in [0.05, 0.1) is 12.3 Å². The van der Waals surface area contributed by atoms with Crippen LogP contribution in [0.5, 0.6) is 5.75 Å². The number of aliphatic imine (C=N–C) groups is 1. The van der Waals surface area contributed by atoms with E-state index in [4.69, 9.17) is 4.74 Å². The van der Waals surface area contributed by atoms with Crippen LogP contribution in [0.3, 0.4) is 0 Å². The van der Waals surface area contributed by atoms with E-state index in [2.05, 4.69) is 10.3 Å². The molecule has 0 bridgehead atoms. The molecule has 2 amide bonds. The second-order valence-corrected chi connectivity index (χ2v) is 7.44. The summed E-state index contributed by atoms with van der Waals surface area (Å²) in [4.78, 5) is 31.3. The molecule has 0 spiro atoms. The second-order valence-electron chi connectivity index (χ2n) is 6.27. The molecule has 0 aliphatic carbocycles. The number of benzene rings is 2. The lowest BCUT2D eigenvalue weighted by Crippen LogP contribution is -2.45. The van der Waals surface area contributed by atoms with Crippen molar-refractivity contribution in [3.63, 3.8) is 0 Å². The van der Waals surface area contributed by atoms with Gasteiger partial charge in [-0.1, -0.05) is 17.8 Å². The van der Waals surface area contributed by atoms with Gasteiger partial charge in [-0.05, 0) is 50.2 Å². The molecule has 2 aromatic carbocycles. The molecule has 29 heavy (non-hydrogen) atoms. The van der Waals surface area contributed by atoms with Gasteiger partial charge in [0.25, 0.3) is 0 Å². The van der Waals surface area contributed by atoms with Crippen molar-refractivity contribution in [3.8, 4) is 5.75 Å². The number of anilines is 1. The maximum atomic E-state index is 13.1. The molecule has 0 saturated carbocycles. The SMILES string of the molecule is CCOc1cccc(NC(=O)C2CC(=O)N(CC)C(=Nc3ccc(F)cc3)S2)c1. The number of rotatable bonds is 6. The summed E-state index contributed by atoms with van der Waals surface area (Å²) in [6.07, 6.45) is 0.0813. The largest absolute Gasteiger partial charge is 0.494 e. The van der Waals surface area contributed by atoms with Crippen molar-refractivity contribution in [3.05, 3.63) is 54.3 Å². The first-order valence-corrected chi connectivity index (χ1v) is 10.2. The van der Waals surface area contributed by atoms with Crippen LogP contribution in [0.2, 0.25) is 0 Å². The van der Waals surface area contributed by atoms with Crippen molar-refractivity contribution in [1.29, 1.82) is 0 Å². The van der Waals surface area contributed by atoms with Crippen LogP contribution in [0, 0.1) is 5.82 Å². The summed E-state index contributed by atoms with van der Waals surface area (Å²) in [7, 11) is 0. The van der Waals surface area contributed by atoms with E-state index in [1.54, 1.807) is 18.2 Å². The molecule has 152 valence electrons. The Kier molecular flexibility index (Phi) is 6.87. The zero-order valence-corrected chi connectivity index (χ0v) is 17.0. The Balaban J connectivity index is 1.77. The van der Waals surface area contributed by atoms with Crippen LogP contribution < -0.4 is 10.1 Å². The van der Waals surface area contributed by atoms with Gasteiger partial charge in [0.15, 0.2) is 5.17 Å². The molecule has 1 atom stereocenters. The summed E-state index contributed by atoms with van der Waals surface area (Å²) in [5.41, 5.74) is 1.12. The summed E-state index contributed by atoms with van der Waals surface area (Å²) in [5, 5.41) is 2.66.